The molecule has 2 heterocycles. The zero-order valence-electron chi connectivity index (χ0n) is 14.8. The fourth-order valence-corrected chi connectivity index (χ4v) is 3.54. The van der Waals surface area contributed by atoms with E-state index in [2.05, 4.69) is 23.4 Å². The molecule has 1 fully saturated rings. The van der Waals surface area contributed by atoms with Crippen LogP contribution in [-0.4, -0.2) is 33.4 Å². The van der Waals surface area contributed by atoms with Crippen LogP contribution in [0.4, 0.5) is 13.2 Å². The predicted molar refractivity (Wildman–Crippen MR) is 91.9 cm³/mol. The number of hydrogen-bond acceptors (Lipinski definition) is 2. The van der Waals surface area contributed by atoms with E-state index in [1.807, 2.05) is 6.20 Å². The number of nitrogens with zero attached hydrogens (tertiary/aromatic N) is 3. The Balaban J connectivity index is 1.85. The average molecular weight is 365 g/mol. The third-order valence-corrected chi connectivity index (χ3v) is 4.79. The van der Waals surface area contributed by atoms with Gasteiger partial charge in [0.15, 0.2) is 0 Å². The van der Waals surface area contributed by atoms with Gasteiger partial charge in [-0.05, 0) is 38.8 Å². The van der Waals surface area contributed by atoms with Gasteiger partial charge in [-0.25, -0.2) is 4.98 Å². The lowest BCUT2D eigenvalue weighted by atomic mass is 9.95. The molecule has 0 N–H and O–H groups in total. The van der Waals surface area contributed by atoms with Gasteiger partial charge in [0.25, 0.3) is 5.91 Å². The molecule has 1 atom stereocenters. The molecule has 1 saturated heterocycles. The van der Waals surface area contributed by atoms with E-state index in [4.69, 9.17) is 0 Å². The summed E-state index contributed by atoms with van der Waals surface area (Å²) in [6, 6.07) is 5.22. The van der Waals surface area contributed by atoms with Crippen molar-refractivity contribution in [3.8, 4) is 0 Å². The minimum atomic E-state index is -4.55. The molecule has 7 heteroatoms. The highest BCUT2D eigenvalue weighted by Crippen LogP contribution is 2.34. The van der Waals surface area contributed by atoms with Gasteiger partial charge in [-0.1, -0.05) is 12.1 Å². The topological polar surface area (TPSA) is 38.1 Å². The minimum absolute atomic E-state index is 0.0307. The van der Waals surface area contributed by atoms with E-state index in [1.165, 1.54) is 23.1 Å². The smallest absolute Gasteiger partial charge is 0.338 e. The quantitative estimate of drug-likeness (QED) is 0.803. The molecule has 2 aromatic rings. The van der Waals surface area contributed by atoms with Gasteiger partial charge in [0.2, 0.25) is 0 Å². The van der Waals surface area contributed by atoms with Crippen molar-refractivity contribution in [3.05, 3.63) is 53.6 Å². The van der Waals surface area contributed by atoms with Crippen molar-refractivity contribution in [2.75, 3.05) is 13.1 Å². The molecule has 3 rings (SSSR count). The Bertz CT molecular complexity index is 782. The average Bonchev–Trinajstić information content (AvgIpc) is 3.10. The molecule has 140 valence electrons. The van der Waals surface area contributed by atoms with Crippen LogP contribution in [0.2, 0.25) is 0 Å². The van der Waals surface area contributed by atoms with Crippen LogP contribution >= 0.6 is 0 Å². The van der Waals surface area contributed by atoms with Gasteiger partial charge >= 0.3 is 6.18 Å². The summed E-state index contributed by atoms with van der Waals surface area (Å²) >= 11 is 0. The number of imidazole rings is 1. The molecule has 1 amide bonds. The van der Waals surface area contributed by atoms with Gasteiger partial charge in [0.05, 0.1) is 11.1 Å². The Kier molecular flexibility index (Phi) is 5.07. The summed E-state index contributed by atoms with van der Waals surface area (Å²) in [4.78, 5) is 18.8. The number of carbonyl (C=O) groups excluding carboxylic acids is 1. The second kappa shape index (κ2) is 7.13. The molecule has 1 aliphatic rings. The van der Waals surface area contributed by atoms with Crippen molar-refractivity contribution in [3.63, 3.8) is 0 Å². The molecule has 0 aliphatic carbocycles. The maximum Gasteiger partial charge on any atom is 0.417 e. The Morgan fingerprint density at radius 2 is 2.00 bits per heavy atom. The molecule has 26 heavy (non-hydrogen) atoms. The van der Waals surface area contributed by atoms with E-state index in [0.29, 0.717) is 13.1 Å². The third kappa shape index (κ3) is 3.61. The standard InChI is InChI=1S/C19H22F3N3O/c1-13(2)25-11-9-23-17(25)14-6-5-10-24(12-14)18(26)15-7-3-4-8-16(15)19(20,21)22/h3-4,7-9,11,13-14H,5-6,10,12H2,1-2H3/t14-/m1/s1. The number of alkyl halides is 3. The van der Waals surface area contributed by atoms with Crippen molar-refractivity contribution in [1.29, 1.82) is 0 Å². The van der Waals surface area contributed by atoms with E-state index in [0.717, 1.165) is 24.7 Å². The molecule has 0 radical (unpaired) electrons. The SMILES string of the molecule is CC(C)n1ccnc1[C@@H]1CCCN(C(=O)c2ccccc2C(F)(F)F)C1. The molecule has 0 bridgehead atoms. The summed E-state index contributed by atoms with van der Waals surface area (Å²) in [6.07, 6.45) is 0.702. The molecule has 1 aliphatic heterocycles. The van der Waals surface area contributed by atoms with Crippen LogP contribution in [-0.2, 0) is 6.18 Å². The zero-order chi connectivity index (χ0) is 18.9. The fraction of sp³-hybridized carbons (Fsp3) is 0.474. The summed E-state index contributed by atoms with van der Waals surface area (Å²) in [5.41, 5.74) is -1.16. The lowest BCUT2D eigenvalue weighted by Crippen LogP contribution is -2.40. The fourth-order valence-electron chi connectivity index (χ4n) is 3.54. The predicted octanol–water partition coefficient (Wildman–Crippen LogP) is 4.50. The lowest BCUT2D eigenvalue weighted by molar-refractivity contribution is -0.138. The number of aromatic nitrogens is 2. The summed E-state index contributed by atoms with van der Waals surface area (Å²) in [5, 5.41) is 0. The number of benzene rings is 1. The van der Waals surface area contributed by atoms with Crippen molar-refractivity contribution < 1.29 is 18.0 Å². The van der Waals surface area contributed by atoms with Crippen LogP contribution in [0.25, 0.3) is 0 Å². The summed E-state index contributed by atoms with van der Waals surface area (Å²) in [7, 11) is 0. The van der Waals surface area contributed by atoms with Gasteiger partial charge in [0.1, 0.15) is 5.82 Å². The highest BCUT2D eigenvalue weighted by Gasteiger charge is 2.37. The number of amides is 1. The summed E-state index contributed by atoms with van der Waals surface area (Å²) < 4.78 is 41.8. The van der Waals surface area contributed by atoms with E-state index in [-0.39, 0.29) is 17.5 Å². The van der Waals surface area contributed by atoms with Gasteiger partial charge in [-0.2, -0.15) is 13.2 Å². The second-order valence-electron chi connectivity index (χ2n) is 6.92. The minimum Gasteiger partial charge on any atom is -0.338 e. The van der Waals surface area contributed by atoms with Gasteiger partial charge in [0, 0.05) is 37.4 Å². The third-order valence-electron chi connectivity index (χ3n) is 4.79. The Hall–Kier alpha value is -2.31. The molecular formula is C19H22F3N3O. The maximum atomic E-state index is 13.2. The van der Waals surface area contributed by atoms with Crippen molar-refractivity contribution >= 4 is 5.91 Å². The van der Waals surface area contributed by atoms with E-state index in [1.54, 1.807) is 6.20 Å². The van der Waals surface area contributed by atoms with Crippen LogP contribution < -0.4 is 0 Å². The van der Waals surface area contributed by atoms with Crippen LogP contribution in [0.1, 0.15) is 60.4 Å². The van der Waals surface area contributed by atoms with E-state index in [9.17, 15) is 18.0 Å². The number of piperidine rings is 1. The number of hydrogen-bond donors (Lipinski definition) is 0. The second-order valence-corrected chi connectivity index (χ2v) is 6.92. The first kappa shape index (κ1) is 18.5. The van der Waals surface area contributed by atoms with Gasteiger partial charge < -0.3 is 9.47 Å². The summed E-state index contributed by atoms with van der Waals surface area (Å²) in [5.74, 6) is 0.357. The monoisotopic (exact) mass is 365 g/mol. The highest BCUT2D eigenvalue weighted by atomic mass is 19.4. The molecule has 1 aromatic carbocycles. The van der Waals surface area contributed by atoms with Crippen LogP contribution in [0.3, 0.4) is 0 Å². The normalized spacial score (nSPS) is 18.4. The van der Waals surface area contributed by atoms with Crippen LogP contribution in [0, 0.1) is 0 Å². The first-order chi connectivity index (χ1) is 12.3. The molecule has 1 aromatic heterocycles. The van der Waals surface area contributed by atoms with Crippen LogP contribution in [0.15, 0.2) is 36.7 Å². The lowest BCUT2D eigenvalue weighted by Gasteiger charge is -2.33. The van der Waals surface area contributed by atoms with Crippen LogP contribution in [0.5, 0.6) is 0 Å². The maximum absolute atomic E-state index is 13.2. The van der Waals surface area contributed by atoms with Crippen molar-refractivity contribution in [2.24, 2.45) is 0 Å². The Labute approximate surface area is 150 Å². The molecule has 0 unspecified atom stereocenters. The van der Waals surface area contributed by atoms with E-state index >= 15 is 0 Å². The molecule has 0 spiro atoms. The summed E-state index contributed by atoms with van der Waals surface area (Å²) in [6.45, 7) is 4.95. The Morgan fingerprint density at radius 3 is 2.69 bits per heavy atom. The van der Waals surface area contributed by atoms with Gasteiger partial charge in [-0.15, -0.1) is 0 Å². The number of rotatable bonds is 3. The molecule has 0 saturated carbocycles. The number of halogens is 3. The Morgan fingerprint density at radius 1 is 1.27 bits per heavy atom. The van der Waals surface area contributed by atoms with E-state index < -0.39 is 17.6 Å². The van der Waals surface area contributed by atoms with Crippen molar-refractivity contribution in [2.45, 2.75) is 44.8 Å². The number of carbonyl (C=O) groups is 1. The first-order valence-electron chi connectivity index (χ1n) is 8.77. The highest BCUT2D eigenvalue weighted by molar-refractivity contribution is 5.96. The van der Waals surface area contributed by atoms with Gasteiger partial charge in [-0.3, -0.25) is 4.79 Å². The molecular weight excluding hydrogens is 343 g/mol. The largest absolute Gasteiger partial charge is 0.417 e. The molecule has 4 nitrogen and oxygen atoms in total. The first-order valence-corrected chi connectivity index (χ1v) is 8.77. The number of likely N-dealkylation sites (tertiary alicyclic amines) is 1. The van der Waals surface area contributed by atoms with Crippen molar-refractivity contribution in [1.82, 2.24) is 14.5 Å². The zero-order valence-corrected chi connectivity index (χ0v) is 14.8.